The highest BCUT2D eigenvalue weighted by atomic mass is 32.2. The third kappa shape index (κ3) is 4.01. The maximum Gasteiger partial charge on any atom is 0.238 e. The second kappa shape index (κ2) is 6.81. The molecule has 0 saturated heterocycles. The van der Waals surface area contributed by atoms with Gasteiger partial charge < -0.3 is 5.32 Å². The topological polar surface area (TPSA) is 54.9 Å². The van der Waals surface area contributed by atoms with Gasteiger partial charge in [0.2, 0.25) is 5.91 Å². The molecule has 2 aromatic rings. The maximum absolute atomic E-state index is 12.8. The summed E-state index contributed by atoms with van der Waals surface area (Å²) in [6.07, 6.45) is 0. The normalized spacial score (nSPS) is 12.4. The SMILES string of the molecule is CC(C)[C@H](Sc1nncs1)C(=O)Nc1ccc(F)cc1. The predicted octanol–water partition coefficient (Wildman–Crippen LogP) is 3.43. The number of carbonyl (C=O) groups is 1. The van der Waals surface area contributed by atoms with Crippen LogP contribution in [-0.4, -0.2) is 21.4 Å². The molecule has 1 atom stereocenters. The Morgan fingerprint density at radius 1 is 1.35 bits per heavy atom. The Balaban J connectivity index is 2.05. The first kappa shape index (κ1) is 14.9. The molecule has 0 unspecified atom stereocenters. The van der Waals surface area contributed by atoms with Crippen LogP contribution in [0.1, 0.15) is 13.8 Å². The fraction of sp³-hybridized carbons (Fsp3) is 0.308. The van der Waals surface area contributed by atoms with E-state index in [9.17, 15) is 9.18 Å². The Morgan fingerprint density at radius 3 is 2.60 bits per heavy atom. The minimum absolute atomic E-state index is 0.119. The third-order valence-electron chi connectivity index (χ3n) is 2.54. The van der Waals surface area contributed by atoms with E-state index >= 15 is 0 Å². The van der Waals surface area contributed by atoms with Gasteiger partial charge in [0.1, 0.15) is 11.3 Å². The highest BCUT2D eigenvalue weighted by molar-refractivity contribution is 8.02. The third-order valence-corrected chi connectivity index (χ3v) is 4.90. The van der Waals surface area contributed by atoms with Crippen LogP contribution in [0.5, 0.6) is 0 Å². The van der Waals surface area contributed by atoms with Gasteiger partial charge in [0.25, 0.3) is 0 Å². The summed E-state index contributed by atoms with van der Waals surface area (Å²) in [7, 11) is 0. The fourth-order valence-electron chi connectivity index (χ4n) is 1.56. The van der Waals surface area contributed by atoms with Crippen molar-refractivity contribution in [2.45, 2.75) is 23.4 Å². The second-order valence-corrected chi connectivity index (χ2v) is 6.71. The number of rotatable bonds is 5. The summed E-state index contributed by atoms with van der Waals surface area (Å²) in [5.74, 6) is -0.303. The highest BCUT2D eigenvalue weighted by Crippen LogP contribution is 2.29. The summed E-state index contributed by atoms with van der Waals surface area (Å²) in [6.45, 7) is 3.95. The lowest BCUT2D eigenvalue weighted by atomic mass is 10.1. The lowest BCUT2D eigenvalue weighted by molar-refractivity contribution is -0.116. The molecule has 4 nitrogen and oxygen atoms in total. The van der Waals surface area contributed by atoms with E-state index in [1.54, 1.807) is 17.6 Å². The first-order valence-corrected chi connectivity index (χ1v) is 7.81. The van der Waals surface area contributed by atoms with Crippen LogP contribution >= 0.6 is 23.1 Å². The van der Waals surface area contributed by atoms with Gasteiger partial charge in [0.05, 0.1) is 5.25 Å². The van der Waals surface area contributed by atoms with Crippen LogP contribution in [-0.2, 0) is 4.79 Å². The number of aromatic nitrogens is 2. The number of nitrogens with one attached hydrogen (secondary N) is 1. The van der Waals surface area contributed by atoms with Crippen molar-refractivity contribution >= 4 is 34.7 Å². The first-order chi connectivity index (χ1) is 9.56. The highest BCUT2D eigenvalue weighted by Gasteiger charge is 2.24. The van der Waals surface area contributed by atoms with Crippen molar-refractivity contribution in [2.75, 3.05) is 5.32 Å². The number of halogens is 1. The van der Waals surface area contributed by atoms with Gasteiger partial charge in [-0.15, -0.1) is 10.2 Å². The van der Waals surface area contributed by atoms with Crippen LogP contribution < -0.4 is 5.32 Å². The molecule has 0 saturated carbocycles. The van der Waals surface area contributed by atoms with E-state index in [1.165, 1.54) is 35.2 Å². The zero-order chi connectivity index (χ0) is 14.5. The van der Waals surface area contributed by atoms with Crippen LogP contribution in [0.15, 0.2) is 34.1 Å². The molecule has 0 bridgehead atoms. The number of hydrogen-bond acceptors (Lipinski definition) is 5. The molecule has 1 amide bonds. The Labute approximate surface area is 124 Å². The van der Waals surface area contributed by atoms with Crippen molar-refractivity contribution in [1.29, 1.82) is 0 Å². The van der Waals surface area contributed by atoms with Crippen molar-refractivity contribution in [3.63, 3.8) is 0 Å². The van der Waals surface area contributed by atoms with Crippen LogP contribution in [0.3, 0.4) is 0 Å². The predicted molar refractivity (Wildman–Crippen MR) is 79.4 cm³/mol. The molecule has 106 valence electrons. The van der Waals surface area contributed by atoms with Gasteiger partial charge in [-0.2, -0.15) is 0 Å². The zero-order valence-electron chi connectivity index (χ0n) is 11.0. The zero-order valence-corrected chi connectivity index (χ0v) is 12.7. The summed E-state index contributed by atoms with van der Waals surface area (Å²) in [4.78, 5) is 12.3. The van der Waals surface area contributed by atoms with E-state index in [0.29, 0.717) is 5.69 Å². The molecule has 2 rings (SSSR count). The molecule has 0 radical (unpaired) electrons. The van der Waals surface area contributed by atoms with E-state index in [1.807, 2.05) is 13.8 Å². The van der Waals surface area contributed by atoms with Gasteiger partial charge in [0, 0.05) is 5.69 Å². The van der Waals surface area contributed by atoms with Gasteiger partial charge in [-0.1, -0.05) is 36.9 Å². The lowest BCUT2D eigenvalue weighted by Crippen LogP contribution is -2.29. The molecular formula is C13H14FN3OS2. The Kier molecular flexibility index (Phi) is 5.08. The molecule has 0 fully saturated rings. The van der Waals surface area contributed by atoms with Gasteiger partial charge in [0.15, 0.2) is 4.34 Å². The number of hydrogen-bond donors (Lipinski definition) is 1. The summed E-state index contributed by atoms with van der Waals surface area (Å²) in [5.41, 5.74) is 2.22. The fourth-order valence-corrected chi connectivity index (χ4v) is 3.25. The minimum Gasteiger partial charge on any atom is -0.325 e. The van der Waals surface area contributed by atoms with Crippen molar-refractivity contribution in [3.8, 4) is 0 Å². The van der Waals surface area contributed by atoms with E-state index in [4.69, 9.17) is 0 Å². The van der Waals surface area contributed by atoms with Gasteiger partial charge in [-0.05, 0) is 30.2 Å². The summed E-state index contributed by atoms with van der Waals surface area (Å²) < 4.78 is 13.6. The molecule has 0 aliphatic carbocycles. The number of nitrogens with zero attached hydrogens (tertiary/aromatic N) is 2. The van der Waals surface area contributed by atoms with Crippen LogP contribution in [0.25, 0.3) is 0 Å². The minimum atomic E-state index is -0.327. The number of thioether (sulfide) groups is 1. The number of benzene rings is 1. The molecule has 0 aliphatic rings. The monoisotopic (exact) mass is 311 g/mol. The van der Waals surface area contributed by atoms with E-state index in [-0.39, 0.29) is 22.9 Å². The molecule has 7 heteroatoms. The summed E-state index contributed by atoms with van der Waals surface area (Å²) >= 11 is 2.80. The average Bonchev–Trinajstić information content (AvgIpc) is 2.91. The molecule has 0 spiro atoms. The number of anilines is 1. The molecular weight excluding hydrogens is 297 g/mol. The largest absolute Gasteiger partial charge is 0.325 e. The molecule has 1 aromatic carbocycles. The number of amides is 1. The summed E-state index contributed by atoms with van der Waals surface area (Å²) in [5, 5.41) is 10.2. The molecule has 1 heterocycles. The molecule has 20 heavy (non-hydrogen) atoms. The van der Waals surface area contributed by atoms with E-state index < -0.39 is 0 Å². The average molecular weight is 311 g/mol. The second-order valence-electron chi connectivity index (χ2n) is 4.48. The van der Waals surface area contributed by atoms with E-state index in [2.05, 4.69) is 15.5 Å². The van der Waals surface area contributed by atoms with Gasteiger partial charge >= 0.3 is 0 Å². The van der Waals surface area contributed by atoms with Crippen molar-refractivity contribution < 1.29 is 9.18 Å². The van der Waals surface area contributed by atoms with Crippen LogP contribution in [0.2, 0.25) is 0 Å². The quantitative estimate of drug-likeness (QED) is 0.860. The Bertz CT molecular complexity index is 558. The van der Waals surface area contributed by atoms with Crippen molar-refractivity contribution in [3.05, 3.63) is 35.6 Å². The van der Waals surface area contributed by atoms with Crippen molar-refractivity contribution in [2.24, 2.45) is 5.92 Å². The first-order valence-electron chi connectivity index (χ1n) is 6.05. The standard InChI is InChI=1S/C13H14FN3OS2/c1-8(2)11(20-13-17-15-7-19-13)12(18)16-10-5-3-9(14)4-6-10/h3-8,11H,1-2H3,(H,16,18)/t11-/m0/s1. The smallest absolute Gasteiger partial charge is 0.238 e. The maximum atomic E-state index is 12.8. The Morgan fingerprint density at radius 2 is 2.05 bits per heavy atom. The van der Waals surface area contributed by atoms with Gasteiger partial charge in [-0.3, -0.25) is 4.79 Å². The molecule has 0 aliphatic heterocycles. The lowest BCUT2D eigenvalue weighted by Gasteiger charge is -2.18. The van der Waals surface area contributed by atoms with Crippen LogP contribution in [0, 0.1) is 11.7 Å². The Hall–Kier alpha value is -1.47. The van der Waals surface area contributed by atoms with Crippen molar-refractivity contribution in [1.82, 2.24) is 10.2 Å². The number of carbonyl (C=O) groups excluding carboxylic acids is 1. The molecule has 1 aromatic heterocycles. The van der Waals surface area contributed by atoms with Crippen LogP contribution in [0.4, 0.5) is 10.1 Å². The molecule has 1 N–H and O–H groups in total. The summed E-state index contributed by atoms with van der Waals surface area (Å²) in [6, 6.07) is 5.72. The van der Waals surface area contributed by atoms with Gasteiger partial charge in [-0.25, -0.2) is 4.39 Å². The van der Waals surface area contributed by atoms with E-state index in [0.717, 1.165) is 4.34 Å².